The normalized spacial score (nSPS) is 15.4. The molecule has 3 N–H and O–H groups in total. The van der Waals surface area contributed by atoms with E-state index in [1.54, 1.807) is 53.4 Å². The summed E-state index contributed by atoms with van der Waals surface area (Å²) in [6, 6.07) is 15.6. The fraction of sp³-hybridized carbons (Fsp3) is 0.167. The van der Waals surface area contributed by atoms with Gasteiger partial charge in [-0.15, -0.1) is 11.3 Å². The Balaban J connectivity index is 1.36. The molecule has 0 atom stereocenters. The van der Waals surface area contributed by atoms with Gasteiger partial charge in [-0.1, -0.05) is 28.9 Å². The number of rotatable bonds is 4. The molecule has 1 saturated heterocycles. The number of sulfonamides is 1. The number of nitrogens with two attached hydrogens (primary N) is 1. The first kappa shape index (κ1) is 23.6. The minimum atomic E-state index is -3.72. The molecular formula is C24H21ClN4O4S2. The van der Waals surface area contributed by atoms with Gasteiger partial charge in [0.1, 0.15) is 4.88 Å². The minimum Gasteiger partial charge on any atom is -0.411 e. The maximum atomic E-state index is 13.3. The summed E-state index contributed by atoms with van der Waals surface area (Å²) in [4.78, 5) is 15.6. The van der Waals surface area contributed by atoms with Crippen molar-refractivity contribution in [2.45, 2.75) is 4.90 Å². The number of halogens is 1. The third-order valence-corrected chi connectivity index (χ3v) is 9.37. The van der Waals surface area contributed by atoms with Gasteiger partial charge >= 0.3 is 0 Å². The topological polar surface area (TPSA) is 116 Å². The standard InChI is InChI=1S/C24H21ClN4O4S2/c25-17-3-1-16-12-19(5-2-15(16)11-17)35(32,33)29-9-7-28(8-10-29)24(30)23-21(14-27-31)20-13-18(26)4-6-22(20)34-23/h1-6,11-14,31H,7-10,26H2. The van der Waals surface area contributed by atoms with Gasteiger partial charge in [-0.2, -0.15) is 4.31 Å². The molecule has 8 nitrogen and oxygen atoms in total. The summed E-state index contributed by atoms with van der Waals surface area (Å²) in [5, 5.41) is 15.2. The van der Waals surface area contributed by atoms with Crippen molar-refractivity contribution in [1.29, 1.82) is 0 Å². The molecule has 35 heavy (non-hydrogen) atoms. The molecule has 5 rings (SSSR count). The van der Waals surface area contributed by atoms with E-state index in [-0.39, 0.29) is 37.0 Å². The summed E-state index contributed by atoms with van der Waals surface area (Å²) < 4.78 is 28.8. The van der Waals surface area contributed by atoms with Crippen LogP contribution in [0.15, 0.2) is 64.6 Å². The second-order valence-electron chi connectivity index (χ2n) is 8.19. The number of fused-ring (bicyclic) bond motifs is 2. The Hall–Kier alpha value is -3.18. The number of carbonyl (C=O) groups is 1. The number of piperazine rings is 1. The largest absolute Gasteiger partial charge is 0.411 e. The van der Waals surface area contributed by atoms with Crippen molar-refractivity contribution in [3.8, 4) is 0 Å². The van der Waals surface area contributed by atoms with E-state index in [2.05, 4.69) is 5.16 Å². The predicted octanol–water partition coefficient (Wildman–Crippen LogP) is 4.24. The third-order valence-electron chi connectivity index (χ3n) is 6.07. The van der Waals surface area contributed by atoms with Crippen molar-refractivity contribution in [2.75, 3.05) is 31.9 Å². The van der Waals surface area contributed by atoms with Crippen molar-refractivity contribution >= 4 is 71.6 Å². The lowest BCUT2D eigenvalue weighted by molar-refractivity contribution is 0.0703. The number of thiophene rings is 1. The van der Waals surface area contributed by atoms with E-state index in [1.165, 1.54) is 21.9 Å². The van der Waals surface area contributed by atoms with Crippen LogP contribution in [0.4, 0.5) is 5.69 Å². The summed E-state index contributed by atoms with van der Waals surface area (Å²) in [5.41, 5.74) is 6.93. The van der Waals surface area contributed by atoms with Crippen LogP contribution in [0.1, 0.15) is 15.2 Å². The number of hydrogen-bond acceptors (Lipinski definition) is 7. The van der Waals surface area contributed by atoms with Crippen LogP contribution in [0.2, 0.25) is 5.02 Å². The molecule has 0 saturated carbocycles. The first-order valence-electron chi connectivity index (χ1n) is 10.8. The summed E-state index contributed by atoms with van der Waals surface area (Å²) in [6.07, 6.45) is 1.24. The summed E-state index contributed by atoms with van der Waals surface area (Å²) in [5.74, 6) is -0.237. The molecule has 0 spiro atoms. The number of benzene rings is 3. The predicted molar refractivity (Wildman–Crippen MR) is 139 cm³/mol. The Kier molecular flexibility index (Phi) is 6.14. The first-order valence-corrected chi connectivity index (χ1v) is 13.4. The summed E-state index contributed by atoms with van der Waals surface area (Å²) >= 11 is 7.32. The average molecular weight is 529 g/mol. The van der Waals surface area contributed by atoms with Gasteiger partial charge in [-0.3, -0.25) is 4.79 Å². The van der Waals surface area contributed by atoms with Crippen molar-refractivity contribution in [3.05, 3.63) is 70.1 Å². The van der Waals surface area contributed by atoms with E-state index in [0.717, 1.165) is 20.9 Å². The molecule has 1 fully saturated rings. The maximum absolute atomic E-state index is 13.3. The van der Waals surface area contributed by atoms with Gasteiger partial charge < -0.3 is 15.8 Å². The zero-order valence-electron chi connectivity index (χ0n) is 18.4. The molecule has 0 radical (unpaired) electrons. The fourth-order valence-electron chi connectivity index (χ4n) is 4.26. The molecule has 1 aromatic heterocycles. The van der Waals surface area contributed by atoms with E-state index >= 15 is 0 Å². The second kappa shape index (κ2) is 9.12. The highest BCUT2D eigenvalue weighted by Crippen LogP contribution is 2.33. The molecule has 0 bridgehead atoms. The molecule has 1 aliphatic heterocycles. The summed E-state index contributed by atoms with van der Waals surface area (Å²) in [7, 11) is -3.72. The van der Waals surface area contributed by atoms with Gasteiger partial charge in [0.25, 0.3) is 5.91 Å². The zero-order chi connectivity index (χ0) is 24.7. The zero-order valence-corrected chi connectivity index (χ0v) is 20.8. The summed E-state index contributed by atoms with van der Waals surface area (Å²) in [6.45, 7) is 0.836. The molecule has 0 aliphatic carbocycles. The van der Waals surface area contributed by atoms with Crippen LogP contribution in [0, 0.1) is 0 Å². The number of amides is 1. The van der Waals surface area contributed by atoms with Crippen molar-refractivity contribution in [1.82, 2.24) is 9.21 Å². The molecule has 1 amide bonds. The van der Waals surface area contributed by atoms with E-state index < -0.39 is 10.0 Å². The number of oxime groups is 1. The van der Waals surface area contributed by atoms with Crippen LogP contribution in [0.5, 0.6) is 0 Å². The Morgan fingerprint density at radius 3 is 2.49 bits per heavy atom. The lowest BCUT2D eigenvalue weighted by Gasteiger charge is -2.34. The van der Waals surface area contributed by atoms with Crippen LogP contribution < -0.4 is 5.73 Å². The van der Waals surface area contributed by atoms with Gasteiger partial charge in [0.15, 0.2) is 0 Å². The Morgan fingerprint density at radius 2 is 1.74 bits per heavy atom. The number of carbonyl (C=O) groups excluding carboxylic acids is 1. The molecular weight excluding hydrogens is 508 g/mol. The van der Waals surface area contributed by atoms with Gasteiger partial charge in [0.05, 0.1) is 11.1 Å². The quantitative estimate of drug-likeness (QED) is 0.178. The molecule has 2 heterocycles. The smallest absolute Gasteiger partial charge is 0.264 e. The number of nitrogens with zero attached hydrogens (tertiary/aromatic N) is 3. The molecule has 0 unspecified atom stereocenters. The van der Waals surface area contributed by atoms with E-state index in [1.807, 2.05) is 6.07 Å². The van der Waals surface area contributed by atoms with Crippen LogP contribution in [0.25, 0.3) is 20.9 Å². The molecule has 11 heteroatoms. The van der Waals surface area contributed by atoms with Gasteiger partial charge in [-0.25, -0.2) is 8.42 Å². The Labute approximate surface area is 210 Å². The highest BCUT2D eigenvalue weighted by Gasteiger charge is 2.32. The molecule has 4 aromatic rings. The average Bonchev–Trinajstić information content (AvgIpc) is 3.21. The Morgan fingerprint density at radius 1 is 1.03 bits per heavy atom. The molecule has 180 valence electrons. The monoisotopic (exact) mass is 528 g/mol. The van der Waals surface area contributed by atoms with Crippen LogP contribution in [-0.4, -0.2) is 61.1 Å². The van der Waals surface area contributed by atoms with Crippen molar-refractivity contribution in [2.24, 2.45) is 5.16 Å². The lowest BCUT2D eigenvalue weighted by atomic mass is 10.1. The van der Waals surface area contributed by atoms with Gasteiger partial charge in [0.2, 0.25) is 10.0 Å². The first-order chi connectivity index (χ1) is 16.8. The van der Waals surface area contributed by atoms with Crippen LogP contribution >= 0.6 is 22.9 Å². The number of anilines is 1. The third kappa shape index (κ3) is 4.34. The van der Waals surface area contributed by atoms with Crippen LogP contribution in [0.3, 0.4) is 0 Å². The minimum absolute atomic E-state index is 0.175. The highest BCUT2D eigenvalue weighted by atomic mass is 35.5. The van der Waals surface area contributed by atoms with Gasteiger partial charge in [0, 0.05) is 52.5 Å². The van der Waals surface area contributed by atoms with E-state index in [0.29, 0.717) is 21.2 Å². The second-order valence-corrected chi connectivity index (χ2v) is 11.6. The number of nitrogen functional groups attached to an aromatic ring is 1. The number of hydrogen-bond donors (Lipinski definition) is 2. The highest BCUT2D eigenvalue weighted by molar-refractivity contribution is 7.89. The van der Waals surface area contributed by atoms with Crippen molar-refractivity contribution in [3.63, 3.8) is 0 Å². The van der Waals surface area contributed by atoms with E-state index in [4.69, 9.17) is 22.5 Å². The van der Waals surface area contributed by atoms with Gasteiger partial charge in [-0.05, 0) is 53.2 Å². The van der Waals surface area contributed by atoms with Crippen molar-refractivity contribution < 1.29 is 18.4 Å². The van der Waals surface area contributed by atoms with E-state index in [9.17, 15) is 13.2 Å². The fourth-order valence-corrected chi connectivity index (χ4v) is 7.02. The Bertz CT molecular complexity index is 1590. The lowest BCUT2D eigenvalue weighted by Crippen LogP contribution is -2.50. The maximum Gasteiger partial charge on any atom is 0.264 e. The SMILES string of the molecule is Nc1ccc2sc(C(=O)N3CCN(S(=O)(=O)c4ccc5cc(Cl)ccc5c4)CC3)c(C=NO)c2c1. The van der Waals surface area contributed by atoms with Crippen LogP contribution in [-0.2, 0) is 10.0 Å². The molecule has 3 aromatic carbocycles. The molecule has 1 aliphatic rings.